The summed E-state index contributed by atoms with van der Waals surface area (Å²) in [6.45, 7) is 1.54. The summed E-state index contributed by atoms with van der Waals surface area (Å²) < 4.78 is 0.773. The van der Waals surface area contributed by atoms with Crippen molar-refractivity contribution in [2.75, 3.05) is 4.90 Å². The second-order valence-corrected chi connectivity index (χ2v) is 6.74. The van der Waals surface area contributed by atoms with Crippen LogP contribution in [0, 0.1) is 5.41 Å². The number of hydrogen-bond acceptors (Lipinski definition) is 4. The Hall–Kier alpha value is -1.56. The van der Waals surface area contributed by atoms with Crippen LogP contribution in [-0.4, -0.2) is 30.6 Å². The van der Waals surface area contributed by atoms with Gasteiger partial charge in [0, 0.05) is 0 Å². The molecule has 0 saturated heterocycles. The first-order valence-corrected chi connectivity index (χ1v) is 8.68. The third-order valence-corrected chi connectivity index (χ3v) is 5.02. The van der Waals surface area contributed by atoms with E-state index >= 15 is 0 Å². The summed E-state index contributed by atoms with van der Waals surface area (Å²) in [5.74, 6) is 0.520. The van der Waals surface area contributed by atoms with Crippen LogP contribution in [0.1, 0.15) is 12.6 Å². The van der Waals surface area contributed by atoms with Crippen molar-refractivity contribution < 1.29 is 4.79 Å². The Balaban J connectivity index is 2.23. The Morgan fingerprint density at radius 3 is 2.75 bits per heavy atom. The molecule has 2 aromatic rings. The zero-order chi connectivity index (χ0) is 14.5. The third-order valence-electron chi connectivity index (χ3n) is 2.44. The van der Waals surface area contributed by atoms with E-state index < -0.39 is 0 Å². The maximum absolute atomic E-state index is 11.9. The van der Waals surface area contributed by atoms with Crippen molar-refractivity contribution in [2.24, 2.45) is 5.73 Å². The molecule has 5 nitrogen and oxygen atoms in total. The molecule has 7 heteroatoms. The number of anilines is 2. The van der Waals surface area contributed by atoms with Crippen LogP contribution in [0.3, 0.4) is 0 Å². The van der Waals surface area contributed by atoms with Gasteiger partial charge in [0.2, 0.25) is 0 Å². The summed E-state index contributed by atoms with van der Waals surface area (Å²) in [5.41, 5.74) is 7.02. The van der Waals surface area contributed by atoms with Gasteiger partial charge in [0.05, 0.1) is 0 Å². The summed E-state index contributed by atoms with van der Waals surface area (Å²) in [6.07, 6.45) is 0. The van der Waals surface area contributed by atoms with E-state index in [4.69, 9.17) is 11.1 Å². The molecule has 1 amide bonds. The molecule has 0 bridgehead atoms. The number of hydrogen-bond donors (Lipinski definition) is 2. The van der Waals surface area contributed by atoms with Gasteiger partial charge in [0.25, 0.3) is 0 Å². The Morgan fingerprint density at radius 2 is 2.15 bits per heavy atom. The van der Waals surface area contributed by atoms with E-state index in [1.54, 1.807) is 4.90 Å². The standard InChI is InChI=1S/C13H14N4OSSe/c1-9(18)17(11-5-3-2-4-6-11)13-16-10(8-20-13)7-19-12(14)15/h2-6,8H,7H2,1H3,(H3,14,15). The van der Waals surface area contributed by atoms with Gasteiger partial charge in [-0.3, -0.25) is 0 Å². The molecule has 104 valence electrons. The van der Waals surface area contributed by atoms with Gasteiger partial charge in [-0.2, -0.15) is 0 Å². The molecular weight excluding hydrogens is 339 g/mol. The molecule has 1 aromatic carbocycles. The minimum atomic E-state index is -0.0503. The van der Waals surface area contributed by atoms with E-state index in [-0.39, 0.29) is 25.6 Å². The van der Waals surface area contributed by atoms with Gasteiger partial charge in [-0.05, 0) is 0 Å². The fourth-order valence-electron chi connectivity index (χ4n) is 1.62. The predicted octanol–water partition coefficient (Wildman–Crippen LogP) is 1.95. The van der Waals surface area contributed by atoms with Crippen LogP contribution in [-0.2, 0) is 10.5 Å². The minimum absolute atomic E-state index is 0.0220. The number of nitrogens with zero attached hydrogens (tertiary/aromatic N) is 2. The quantitative estimate of drug-likeness (QED) is 0.500. The number of amidine groups is 1. The Labute approximate surface area is 127 Å². The zero-order valence-corrected chi connectivity index (χ0v) is 13.4. The molecule has 0 radical (unpaired) electrons. The molecule has 2 rings (SSSR count). The number of thioether (sulfide) groups is 1. The molecule has 0 aliphatic rings. The second kappa shape index (κ2) is 6.74. The van der Waals surface area contributed by atoms with Crippen LogP contribution in [0.5, 0.6) is 0 Å². The molecular formula is C13H14N4OSSe. The van der Waals surface area contributed by atoms with Crippen LogP contribution < -0.4 is 10.6 Å². The van der Waals surface area contributed by atoms with Crippen LogP contribution in [0.2, 0.25) is 0 Å². The molecule has 0 fully saturated rings. The number of amides is 1. The van der Waals surface area contributed by atoms with Gasteiger partial charge in [-0.15, -0.1) is 0 Å². The van der Waals surface area contributed by atoms with Crippen molar-refractivity contribution in [1.29, 1.82) is 5.41 Å². The van der Waals surface area contributed by atoms with Crippen LogP contribution >= 0.6 is 11.8 Å². The van der Waals surface area contributed by atoms with E-state index in [9.17, 15) is 4.79 Å². The first-order valence-electron chi connectivity index (χ1n) is 5.85. The molecule has 0 aliphatic carbocycles. The number of nitrogens with one attached hydrogen (secondary N) is 1. The number of nitrogens with two attached hydrogens (primary N) is 1. The molecule has 3 N–H and O–H groups in total. The van der Waals surface area contributed by atoms with E-state index in [2.05, 4.69) is 4.98 Å². The molecule has 0 unspecified atom stereocenters. The average molecular weight is 353 g/mol. The van der Waals surface area contributed by atoms with E-state index in [0.29, 0.717) is 5.75 Å². The van der Waals surface area contributed by atoms with Gasteiger partial charge in [-0.1, -0.05) is 0 Å². The fraction of sp³-hybridized carbons (Fsp3) is 0.154. The monoisotopic (exact) mass is 354 g/mol. The fourth-order valence-corrected chi connectivity index (χ4v) is 4.17. The summed E-state index contributed by atoms with van der Waals surface area (Å²) in [7, 11) is 0. The van der Waals surface area contributed by atoms with Crippen LogP contribution in [0.15, 0.2) is 35.3 Å². The Bertz CT molecular complexity index is 614. The Morgan fingerprint density at radius 1 is 1.45 bits per heavy atom. The predicted molar refractivity (Wildman–Crippen MR) is 83.6 cm³/mol. The van der Waals surface area contributed by atoms with Gasteiger partial charge < -0.3 is 0 Å². The van der Waals surface area contributed by atoms with E-state index in [1.807, 2.05) is 35.3 Å². The van der Waals surface area contributed by atoms with Gasteiger partial charge in [-0.25, -0.2) is 0 Å². The number of aromatic nitrogens is 1. The van der Waals surface area contributed by atoms with E-state index in [1.165, 1.54) is 18.7 Å². The zero-order valence-electron chi connectivity index (χ0n) is 10.9. The number of para-hydroxylation sites is 1. The molecule has 1 aromatic heterocycles. The molecule has 20 heavy (non-hydrogen) atoms. The molecule has 0 saturated carbocycles. The van der Waals surface area contributed by atoms with Crippen LogP contribution in [0.25, 0.3) is 0 Å². The third kappa shape index (κ3) is 3.72. The van der Waals surface area contributed by atoms with Crippen LogP contribution in [0.4, 0.5) is 10.4 Å². The first kappa shape index (κ1) is 14.8. The normalized spacial score (nSPS) is 10.2. The van der Waals surface area contributed by atoms with Crippen molar-refractivity contribution in [3.05, 3.63) is 41.0 Å². The number of carbonyl (C=O) groups is 1. The van der Waals surface area contributed by atoms with Gasteiger partial charge in [0.1, 0.15) is 0 Å². The van der Waals surface area contributed by atoms with E-state index in [0.717, 1.165) is 16.1 Å². The van der Waals surface area contributed by atoms with Crippen molar-refractivity contribution in [1.82, 2.24) is 4.98 Å². The van der Waals surface area contributed by atoms with Crippen molar-refractivity contribution >= 4 is 47.7 Å². The second-order valence-electron chi connectivity index (χ2n) is 3.96. The molecule has 0 aliphatic heterocycles. The number of rotatable bonds is 4. The summed E-state index contributed by atoms with van der Waals surface area (Å²) in [5, 5.41) is 7.28. The number of carbonyl (C=O) groups excluding carboxylic acids is 1. The topological polar surface area (TPSA) is 83.1 Å². The van der Waals surface area contributed by atoms with Crippen molar-refractivity contribution in [3.63, 3.8) is 0 Å². The molecule has 0 atom stereocenters. The molecule has 1 heterocycles. The molecule has 0 spiro atoms. The summed E-state index contributed by atoms with van der Waals surface area (Å²) in [4.78, 5) is 20.0. The average Bonchev–Trinajstić information content (AvgIpc) is 2.86. The Kier molecular flexibility index (Phi) is 5.00. The summed E-state index contributed by atoms with van der Waals surface area (Å²) >= 11 is 1.26. The summed E-state index contributed by atoms with van der Waals surface area (Å²) in [6, 6.07) is 9.49. The first-order chi connectivity index (χ1) is 9.58. The number of benzene rings is 1. The van der Waals surface area contributed by atoms with Crippen molar-refractivity contribution in [3.8, 4) is 0 Å². The maximum atomic E-state index is 11.9. The van der Waals surface area contributed by atoms with Crippen molar-refractivity contribution in [2.45, 2.75) is 12.7 Å². The van der Waals surface area contributed by atoms with Gasteiger partial charge >= 0.3 is 127 Å². The van der Waals surface area contributed by atoms with Gasteiger partial charge in [0.15, 0.2) is 0 Å². The SMILES string of the molecule is CC(=O)N(c1ccccc1)c1nc(CSC(=N)N)c[se]1.